The van der Waals surface area contributed by atoms with Crippen molar-refractivity contribution in [3.05, 3.63) is 0 Å². The first kappa shape index (κ1) is 27.5. The number of nitrogens with zero attached hydrogens (tertiary/aromatic N) is 1. The summed E-state index contributed by atoms with van der Waals surface area (Å²) in [5, 5.41) is 14.8. The van der Waals surface area contributed by atoms with Gasteiger partial charge in [0.05, 0.1) is 26.2 Å². The largest absolute Gasteiger partial charge is 1.00 e. The van der Waals surface area contributed by atoms with Crippen LogP contribution in [0, 0.1) is 0 Å². The third-order valence-corrected chi connectivity index (χ3v) is 2.87. The molecule has 0 aliphatic heterocycles. The minimum atomic E-state index is -1.82. The van der Waals surface area contributed by atoms with Crippen LogP contribution in [0.4, 0.5) is 0 Å². The SMILES string of the molecule is CC[N+](CC)(CC)CC.O=C(O)C(=O)O.[H-].[H-].[K+].[K+]. The van der Waals surface area contributed by atoms with Crippen molar-refractivity contribution < 1.29 is 130 Å². The molecule has 0 heterocycles. The van der Waals surface area contributed by atoms with E-state index in [1.807, 2.05) is 0 Å². The number of carbonyl (C=O) groups is 2. The first-order valence-electron chi connectivity index (χ1n) is 5.20. The summed E-state index contributed by atoms with van der Waals surface area (Å²) < 4.78 is 1.28. The van der Waals surface area contributed by atoms with Gasteiger partial charge in [0.25, 0.3) is 0 Å². The number of hydrogen-bond donors (Lipinski definition) is 2. The standard InChI is InChI=1S/C8H20N.C2H2O4.2K.2H/c1-5-9(6-2,7-3)8-4;3-1(4)2(5)6;;;;/h5-8H2,1-4H3;(H,3,4)(H,5,6);;;;/q+1;;2*+1;2*-1. The molecule has 0 atom stereocenters. The Kier molecular flexibility index (Phi) is 26.3. The second kappa shape index (κ2) is 16.2. The predicted octanol–water partition coefficient (Wildman–Crippen LogP) is -4.73. The average Bonchev–Trinajstić information content (AvgIpc) is 2.23. The molecule has 0 bridgehead atoms. The van der Waals surface area contributed by atoms with Crippen molar-refractivity contribution in [2.45, 2.75) is 27.7 Å². The minimum absolute atomic E-state index is 0. The van der Waals surface area contributed by atoms with E-state index in [1.165, 1.54) is 30.7 Å². The zero-order valence-corrected chi connectivity index (χ0v) is 18.2. The summed E-state index contributed by atoms with van der Waals surface area (Å²) in [4.78, 5) is 18.2. The van der Waals surface area contributed by atoms with Gasteiger partial charge in [-0.05, 0) is 27.7 Å². The molecule has 0 unspecified atom stereocenters. The molecule has 0 aliphatic carbocycles. The van der Waals surface area contributed by atoms with Crippen LogP contribution in [0.15, 0.2) is 0 Å². The van der Waals surface area contributed by atoms with Crippen LogP contribution < -0.4 is 103 Å². The van der Waals surface area contributed by atoms with E-state index < -0.39 is 11.9 Å². The molecular weight excluding hydrogens is 276 g/mol. The monoisotopic (exact) mass is 300 g/mol. The van der Waals surface area contributed by atoms with Crippen LogP contribution in [0.2, 0.25) is 0 Å². The molecule has 0 spiro atoms. The van der Waals surface area contributed by atoms with E-state index in [9.17, 15) is 0 Å². The van der Waals surface area contributed by atoms with Crippen LogP contribution in [-0.4, -0.2) is 52.8 Å². The van der Waals surface area contributed by atoms with E-state index in [0.29, 0.717) is 0 Å². The van der Waals surface area contributed by atoms with Gasteiger partial charge in [-0.1, -0.05) is 0 Å². The summed E-state index contributed by atoms with van der Waals surface area (Å²) in [6.07, 6.45) is 0. The van der Waals surface area contributed by atoms with Gasteiger partial charge in [-0.3, -0.25) is 0 Å². The number of carboxylic acid groups (broad SMARTS) is 2. The fraction of sp³-hybridized carbons (Fsp3) is 0.800. The molecule has 2 N–H and O–H groups in total. The third kappa shape index (κ3) is 14.4. The van der Waals surface area contributed by atoms with Crippen LogP contribution in [0.3, 0.4) is 0 Å². The van der Waals surface area contributed by atoms with E-state index in [-0.39, 0.29) is 106 Å². The quantitative estimate of drug-likeness (QED) is 0.311. The van der Waals surface area contributed by atoms with Crippen molar-refractivity contribution in [3.8, 4) is 0 Å². The van der Waals surface area contributed by atoms with E-state index in [0.717, 1.165) is 0 Å². The molecule has 0 aromatic carbocycles. The van der Waals surface area contributed by atoms with Gasteiger partial charge in [-0.15, -0.1) is 0 Å². The Hall–Kier alpha value is 2.17. The van der Waals surface area contributed by atoms with Gasteiger partial charge in [0.1, 0.15) is 0 Å². The first-order chi connectivity index (χ1) is 6.89. The van der Waals surface area contributed by atoms with Crippen LogP contribution in [-0.2, 0) is 9.59 Å². The Balaban J connectivity index is -0.0000000385. The van der Waals surface area contributed by atoms with E-state index in [2.05, 4.69) is 27.7 Å². The Labute approximate surface area is 192 Å². The normalized spacial score (nSPS) is 8.94. The second-order valence-corrected chi connectivity index (χ2v) is 3.22. The van der Waals surface area contributed by atoms with Crippen molar-refractivity contribution in [2.75, 3.05) is 26.2 Å². The molecule has 0 radical (unpaired) electrons. The first-order valence-corrected chi connectivity index (χ1v) is 5.20. The maximum absolute atomic E-state index is 9.10. The predicted molar refractivity (Wildman–Crippen MR) is 59.9 cm³/mol. The van der Waals surface area contributed by atoms with Crippen LogP contribution in [0.5, 0.6) is 0 Å². The summed E-state index contributed by atoms with van der Waals surface area (Å²) in [6, 6.07) is 0. The Morgan fingerprint density at radius 1 is 0.824 bits per heavy atom. The summed E-state index contributed by atoms with van der Waals surface area (Å²) in [5.74, 6) is -3.65. The van der Waals surface area contributed by atoms with E-state index >= 15 is 0 Å². The molecule has 0 saturated carbocycles. The van der Waals surface area contributed by atoms with Crippen molar-refractivity contribution in [1.82, 2.24) is 0 Å². The van der Waals surface area contributed by atoms with Gasteiger partial charge < -0.3 is 17.5 Å². The zero-order valence-electron chi connectivity index (χ0n) is 14.0. The molecule has 0 amide bonds. The summed E-state index contributed by atoms with van der Waals surface area (Å²) >= 11 is 0. The van der Waals surface area contributed by atoms with Crippen molar-refractivity contribution in [3.63, 3.8) is 0 Å². The van der Waals surface area contributed by atoms with Gasteiger partial charge in [0.2, 0.25) is 0 Å². The Morgan fingerprint density at radius 2 is 1.00 bits per heavy atom. The van der Waals surface area contributed by atoms with Gasteiger partial charge in [-0.2, -0.15) is 0 Å². The van der Waals surface area contributed by atoms with Crippen molar-refractivity contribution in [1.29, 1.82) is 0 Å². The molecule has 0 aliphatic rings. The number of rotatable bonds is 4. The number of aliphatic carboxylic acids is 2. The minimum Gasteiger partial charge on any atom is -1.00 e. The molecule has 94 valence electrons. The van der Waals surface area contributed by atoms with Crippen LogP contribution in [0.25, 0.3) is 0 Å². The number of quaternary nitrogens is 1. The summed E-state index contributed by atoms with van der Waals surface area (Å²) in [5.41, 5.74) is 0. The maximum Gasteiger partial charge on any atom is 1.00 e. The molecule has 0 fully saturated rings. The Bertz CT molecular complexity index is 188. The van der Waals surface area contributed by atoms with Crippen LogP contribution in [0.1, 0.15) is 30.5 Å². The topological polar surface area (TPSA) is 74.6 Å². The molecule has 0 aromatic heterocycles. The average molecular weight is 301 g/mol. The smallest absolute Gasteiger partial charge is 1.00 e. The molecule has 17 heavy (non-hydrogen) atoms. The fourth-order valence-corrected chi connectivity index (χ4v) is 1.34. The zero-order chi connectivity index (χ0) is 12.5. The molecular formula is C10H24K2NO4+. The summed E-state index contributed by atoms with van der Waals surface area (Å²) in [7, 11) is 0. The number of carboxylic acids is 2. The molecule has 0 rings (SSSR count). The second-order valence-electron chi connectivity index (χ2n) is 3.22. The maximum atomic E-state index is 9.10. The fourth-order valence-electron chi connectivity index (χ4n) is 1.34. The third-order valence-electron chi connectivity index (χ3n) is 2.87. The molecule has 0 aromatic rings. The molecule has 0 saturated heterocycles. The number of hydrogen-bond acceptors (Lipinski definition) is 2. The van der Waals surface area contributed by atoms with Crippen molar-refractivity contribution >= 4 is 11.9 Å². The van der Waals surface area contributed by atoms with Crippen LogP contribution >= 0.6 is 0 Å². The molecule has 7 heteroatoms. The van der Waals surface area contributed by atoms with Gasteiger partial charge in [-0.25, -0.2) is 9.59 Å². The molecule has 5 nitrogen and oxygen atoms in total. The van der Waals surface area contributed by atoms with E-state index in [1.54, 1.807) is 0 Å². The van der Waals surface area contributed by atoms with Gasteiger partial charge >= 0.3 is 115 Å². The van der Waals surface area contributed by atoms with Gasteiger partial charge in [0.15, 0.2) is 0 Å². The Morgan fingerprint density at radius 3 is 1.00 bits per heavy atom. The van der Waals surface area contributed by atoms with Crippen molar-refractivity contribution in [2.24, 2.45) is 0 Å². The van der Waals surface area contributed by atoms with Gasteiger partial charge in [0, 0.05) is 0 Å². The summed E-state index contributed by atoms with van der Waals surface area (Å²) in [6.45, 7) is 14.2. The van der Waals surface area contributed by atoms with E-state index in [4.69, 9.17) is 19.8 Å².